The van der Waals surface area contributed by atoms with E-state index in [1.54, 1.807) is 29.2 Å². The van der Waals surface area contributed by atoms with E-state index >= 15 is 0 Å². The average Bonchev–Trinajstić information content (AvgIpc) is 2.80. The third-order valence-electron chi connectivity index (χ3n) is 5.23. The lowest BCUT2D eigenvalue weighted by molar-refractivity contribution is 0.0773. The second-order valence-electron chi connectivity index (χ2n) is 7.15. The number of rotatable bonds is 8. The summed E-state index contributed by atoms with van der Waals surface area (Å²) in [7, 11) is 0. The molecule has 4 heteroatoms. The van der Waals surface area contributed by atoms with Gasteiger partial charge in [-0.3, -0.25) is 9.59 Å². The Balaban J connectivity index is 1.68. The van der Waals surface area contributed by atoms with Gasteiger partial charge in [0.25, 0.3) is 11.8 Å². The molecule has 0 aliphatic rings. The Morgan fingerprint density at radius 3 is 2.07 bits per heavy atom. The topological polar surface area (TPSA) is 49.4 Å². The molecule has 0 atom stereocenters. The van der Waals surface area contributed by atoms with Gasteiger partial charge in [0.1, 0.15) is 0 Å². The minimum absolute atomic E-state index is 0.00383. The third kappa shape index (κ3) is 5.35. The number of carbonyl (C=O) groups excluding carboxylic acids is 2. The third-order valence-corrected chi connectivity index (χ3v) is 5.23. The number of hydrogen-bond donors (Lipinski definition) is 1. The van der Waals surface area contributed by atoms with Crippen LogP contribution in [0.4, 0.5) is 5.69 Å². The maximum atomic E-state index is 12.9. The maximum absolute atomic E-state index is 12.9. The molecule has 0 aliphatic carbocycles. The van der Waals surface area contributed by atoms with E-state index in [0.717, 1.165) is 18.4 Å². The van der Waals surface area contributed by atoms with E-state index in [4.69, 9.17) is 0 Å². The van der Waals surface area contributed by atoms with Crippen LogP contribution in [0.5, 0.6) is 0 Å². The van der Waals surface area contributed by atoms with Crippen molar-refractivity contribution in [2.75, 3.05) is 18.4 Å². The van der Waals surface area contributed by atoms with E-state index in [1.165, 1.54) is 5.56 Å². The number of aryl methyl sites for hydroxylation is 2. The molecule has 3 aromatic carbocycles. The highest BCUT2D eigenvalue weighted by Gasteiger charge is 2.14. The molecule has 0 heterocycles. The fourth-order valence-corrected chi connectivity index (χ4v) is 3.47. The molecule has 0 fully saturated rings. The molecule has 3 aromatic rings. The van der Waals surface area contributed by atoms with E-state index in [2.05, 4.69) is 17.4 Å². The van der Waals surface area contributed by atoms with Crippen molar-refractivity contribution in [1.29, 1.82) is 0 Å². The van der Waals surface area contributed by atoms with Gasteiger partial charge in [0.05, 0.1) is 0 Å². The van der Waals surface area contributed by atoms with Gasteiger partial charge in [0.2, 0.25) is 0 Å². The first-order chi connectivity index (χ1) is 14.6. The summed E-state index contributed by atoms with van der Waals surface area (Å²) in [6.07, 6.45) is 1.68. The van der Waals surface area contributed by atoms with Gasteiger partial charge in [-0.25, -0.2) is 0 Å². The summed E-state index contributed by atoms with van der Waals surface area (Å²) in [5.74, 6) is -0.134. The van der Waals surface area contributed by atoms with Crippen LogP contribution in [-0.4, -0.2) is 29.8 Å². The Morgan fingerprint density at radius 2 is 1.40 bits per heavy atom. The molecule has 0 saturated carbocycles. The van der Waals surface area contributed by atoms with Crippen LogP contribution in [0.3, 0.4) is 0 Å². The zero-order chi connectivity index (χ0) is 21.3. The number of anilines is 1. The van der Waals surface area contributed by atoms with Crippen molar-refractivity contribution in [1.82, 2.24) is 4.90 Å². The quantitative estimate of drug-likeness (QED) is 0.564. The van der Waals surface area contributed by atoms with Gasteiger partial charge in [-0.05, 0) is 68.1 Å². The van der Waals surface area contributed by atoms with Crippen molar-refractivity contribution in [3.63, 3.8) is 0 Å². The Morgan fingerprint density at radius 1 is 0.767 bits per heavy atom. The molecule has 0 bridgehead atoms. The molecule has 0 unspecified atom stereocenters. The Bertz CT molecular complexity index is 977. The van der Waals surface area contributed by atoms with Gasteiger partial charge >= 0.3 is 0 Å². The number of amides is 2. The van der Waals surface area contributed by atoms with Crippen LogP contribution in [0.15, 0.2) is 78.9 Å². The summed E-state index contributed by atoms with van der Waals surface area (Å²) in [6.45, 7) is 5.28. The van der Waals surface area contributed by atoms with E-state index in [9.17, 15) is 9.59 Å². The minimum Gasteiger partial charge on any atom is -0.339 e. The monoisotopic (exact) mass is 400 g/mol. The molecule has 30 heavy (non-hydrogen) atoms. The molecule has 2 amide bonds. The first-order valence-corrected chi connectivity index (χ1v) is 10.4. The van der Waals surface area contributed by atoms with Crippen LogP contribution in [0.25, 0.3) is 0 Å². The zero-order valence-electron chi connectivity index (χ0n) is 17.6. The molecular formula is C26H28N2O2. The van der Waals surface area contributed by atoms with Gasteiger partial charge in [0, 0.05) is 29.9 Å². The predicted molar refractivity (Wildman–Crippen MR) is 122 cm³/mol. The number of hydrogen-bond acceptors (Lipinski definition) is 2. The molecule has 0 aromatic heterocycles. The first-order valence-electron chi connectivity index (χ1n) is 10.4. The normalized spacial score (nSPS) is 10.5. The molecule has 0 spiro atoms. The summed E-state index contributed by atoms with van der Waals surface area (Å²) < 4.78 is 0. The van der Waals surface area contributed by atoms with Crippen molar-refractivity contribution < 1.29 is 9.59 Å². The summed E-state index contributed by atoms with van der Waals surface area (Å²) >= 11 is 0. The minimum atomic E-state index is -0.138. The second-order valence-corrected chi connectivity index (χ2v) is 7.15. The first kappa shape index (κ1) is 21.3. The Labute approximate surface area is 178 Å². The van der Waals surface area contributed by atoms with Gasteiger partial charge in [-0.15, -0.1) is 0 Å². The van der Waals surface area contributed by atoms with Crippen LogP contribution >= 0.6 is 0 Å². The van der Waals surface area contributed by atoms with E-state index < -0.39 is 0 Å². The largest absolute Gasteiger partial charge is 0.339 e. The average molecular weight is 401 g/mol. The molecule has 0 aliphatic heterocycles. The summed E-state index contributed by atoms with van der Waals surface area (Å²) in [5, 5.41) is 2.96. The fraction of sp³-hybridized carbons (Fsp3) is 0.231. The van der Waals surface area contributed by atoms with Gasteiger partial charge in [-0.1, -0.05) is 48.5 Å². The van der Waals surface area contributed by atoms with Crippen molar-refractivity contribution in [2.45, 2.75) is 26.7 Å². The van der Waals surface area contributed by atoms with Gasteiger partial charge in [-0.2, -0.15) is 0 Å². The SMILES string of the molecule is CCN(CC)C(=O)c1ccc(NC(=O)c2ccccc2CCc2ccccc2)cc1. The number of nitrogens with one attached hydrogen (secondary N) is 1. The summed E-state index contributed by atoms with van der Waals surface area (Å²) in [4.78, 5) is 27.1. The highest BCUT2D eigenvalue weighted by molar-refractivity contribution is 6.05. The van der Waals surface area contributed by atoms with Crippen LogP contribution in [0, 0.1) is 0 Å². The van der Waals surface area contributed by atoms with E-state index in [-0.39, 0.29) is 11.8 Å². The predicted octanol–water partition coefficient (Wildman–Crippen LogP) is 5.21. The molecule has 154 valence electrons. The van der Waals surface area contributed by atoms with Crippen LogP contribution in [0.1, 0.15) is 45.7 Å². The van der Waals surface area contributed by atoms with Crippen molar-refractivity contribution in [2.24, 2.45) is 0 Å². The number of nitrogens with zero attached hydrogens (tertiary/aromatic N) is 1. The Kier molecular flexibility index (Phi) is 7.39. The summed E-state index contributed by atoms with van der Waals surface area (Å²) in [6, 6.07) is 25.1. The van der Waals surface area contributed by atoms with Crippen molar-refractivity contribution >= 4 is 17.5 Å². The molecular weight excluding hydrogens is 372 g/mol. The van der Waals surface area contributed by atoms with Gasteiger partial charge < -0.3 is 10.2 Å². The molecule has 0 radical (unpaired) electrons. The number of carbonyl (C=O) groups is 2. The molecule has 0 saturated heterocycles. The lowest BCUT2D eigenvalue weighted by atomic mass is 9.99. The van der Waals surface area contributed by atoms with Crippen molar-refractivity contribution in [3.8, 4) is 0 Å². The van der Waals surface area contributed by atoms with Crippen molar-refractivity contribution in [3.05, 3.63) is 101 Å². The van der Waals surface area contributed by atoms with E-state index in [1.807, 2.05) is 56.3 Å². The zero-order valence-corrected chi connectivity index (χ0v) is 17.6. The fourth-order valence-electron chi connectivity index (χ4n) is 3.47. The summed E-state index contributed by atoms with van der Waals surface area (Å²) in [5.41, 5.74) is 4.25. The van der Waals surface area contributed by atoms with Gasteiger partial charge in [0.15, 0.2) is 0 Å². The number of benzene rings is 3. The Hall–Kier alpha value is -3.40. The molecule has 1 N–H and O–H groups in total. The lowest BCUT2D eigenvalue weighted by Gasteiger charge is -2.18. The highest BCUT2D eigenvalue weighted by Crippen LogP contribution is 2.17. The van der Waals surface area contributed by atoms with Crippen LogP contribution < -0.4 is 5.32 Å². The highest BCUT2D eigenvalue weighted by atomic mass is 16.2. The molecule has 4 nitrogen and oxygen atoms in total. The standard InChI is InChI=1S/C26H28N2O2/c1-3-28(4-2)26(30)22-16-18-23(19-17-22)27-25(29)24-13-9-8-12-21(24)15-14-20-10-6-5-7-11-20/h5-13,16-19H,3-4,14-15H2,1-2H3,(H,27,29). The smallest absolute Gasteiger partial charge is 0.255 e. The van der Waals surface area contributed by atoms with E-state index in [0.29, 0.717) is 29.9 Å². The van der Waals surface area contributed by atoms with Crippen LogP contribution in [0.2, 0.25) is 0 Å². The maximum Gasteiger partial charge on any atom is 0.255 e. The lowest BCUT2D eigenvalue weighted by Crippen LogP contribution is -2.30. The molecule has 3 rings (SSSR count). The van der Waals surface area contributed by atoms with Crippen LogP contribution in [-0.2, 0) is 12.8 Å². The second kappa shape index (κ2) is 10.4.